The number of hydrogen-bond acceptors (Lipinski definition) is 3. The van der Waals surface area contributed by atoms with Crippen molar-refractivity contribution in [1.82, 2.24) is 15.1 Å². The van der Waals surface area contributed by atoms with Crippen LogP contribution in [0.4, 0.5) is 0 Å². The van der Waals surface area contributed by atoms with Crippen LogP contribution in [0.25, 0.3) is 0 Å². The maximum Gasteiger partial charge on any atom is 0.251 e. The summed E-state index contributed by atoms with van der Waals surface area (Å²) in [5.41, 5.74) is 2.08. The topological polar surface area (TPSA) is 52.6 Å². The third-order valence-electron chi connectivity index (χ3n) is 7.17. The molecule has 0 bridgehead atoms. The first kappa shape index (κ1) is 23.5. The van der Waals surface area contributed by atoms with Crippen LogP contribution in [-0.2, 0) is 4.79 Å². The van der Waals surface area contributed by atoms with E-state index in [-0.39, 0.29) is 11.8 Å². The Hall–Kier alpha value is -2.66. The second-order valence-corrected chi connectivity index (χ2v) is 9.67. The highest BCUT2D eigenvalue weighted by Gasteiger charge is 2.37. The number of piperazine rings is 1. The number of carbonyl (C=O) groups is 2. The highest BCUT2D eigenvalue weighted by atomic mass is 16.2. The molecule has 176 valence electrons. The maximum atomic E-state index is 13.2. The molecule has 1 aliphatic heterocycles. The van der Waals surface area contributed by atoms with Crippen LogP contribution in [0.2, 0.25) is 0 Å². The molecule has 1 aliphatic carbocycles. The average Bonchev–Trinajstić information content (AvgIpc) is 3.64. The molecule has 5 heteroatoms. The standard InChI is InChI=1S/C28H37N3O2/c1-30-17-19-31(20-18-30)28(33)26(29-27(32)23-13-7-3-8-14-23)16-10-4-9-15-24-21-25(24)22-11-5-2-6-12-22/h2-3,5-8,11-14,24-26H,4,9-10,15-21H2,1H3,(H,29,32)/t24-,25+,26+/m1/s1. The Labute approximate surface area is 198 Å². The quantitative estimate of drug-likeness (QED) is 0.552. The molecule has 2 fully saturated rings. The lowest BCUT2D eigenvalue weighted by molar-refractivity contribution is -0.135. The van der Waals surface area contributed by atoms with Gasteiger partial charge in [-0.2, -0.15) is 0 Å². The van der Waals surface area contributed by atoms with Gasteiger partial charge in [0.25, 0.3) is 5.91 Å². The number of amides is 2. The van der Waals surface area contributed by atoms with Gasteiger partial charge in [-0.25, -0.2) is 0 Å². The molecule has 1 heterocycles. The van der Waals surface area contributed by atoms with Gasteiger partial charge in [-0.1, -0.05) is 67.8 Å². The fourth-order valence-electron chi connectivity index (χ4n) is 4.94. The zero-order valence-corrected chi connectivity index (χ0v) is 19.8. The summed E-state index contributed by atoms with van der Waals surface area (Å²) < 4.78 is 0. The van der Waals surface area contributed by atoms with Gasteiger partial charge in [0.1, 0.15) is 6.04 Å². The minimum atomic E-state index is -0.445. The van der Waals surface area contributed by atoms with Crippen molar-refractivity contribution in [2.24, 2.45) is 5.92 Å². The van der Waals surface area contributed by atoms with E-state index in [4.69, 9.17) is 0 Å². The Morgan fingerprint density at radius 3 is 2.27 bits per heavy atom. The molecule has 1 saturated heterocycles. The van der Waals surface area contributed by atoms with Crippen molar-refractivity contribution >= 4 is 11.8 Å². The Bertz CT molecular complexity index is 894. The molecule has 1 N–H and O–H groups in total. The molecular weight excluding hydrogens is 410 g/mol. The van der Waals surface area contributed by atoms with Crippen molar-refractivity contribution < 1.29 is 9.59 Å². The molecule has 0 aromatic heterocycles. The monoisotopic (exact) mass is 447 g/mol. The smallest absolute Gasteiger partial charge is 0.251 e. The lowest BCUT2D eigenvalue weighted by Crippen LogP contribution is -2.54. The normalized spacial score (nSPS) is 21.4. The van der Waals surface area contributed by atoms with E-state index in [0.717, 1.165) is 50.9 Å². The maximum absolute atomic E-state index is 13.2. The van der Waals surface area contributed by atoms with Crippen LogP contribution in [0.5, 0.6) is 0 Å². The summed E-state index contributed by atoms with van der Waals surface area (Å²) in [5.74, 6) is 1.46. The molecule has 0 radical (unpaired) electrons. The van der Waals surface area contributed by atoms with Gasteiger partial charge in [0, 0.05) is 31.7 Å². The van der Waals surface area contributed by atoms with Crippen molar-refractivity contribution in [2.75, 3.05) is 33.2 Å². The van der Waals surface area contributed by atoms with Crippen molar-refractivity contribution in [2.45, 2.75) is 50.5 Å². The van der Waals surface area contributed by atoms with E-state index in [9.17, 15) is 9.59 Å². The number of likely N-dealkylation sites (N-methyl/N-ethyl adjacent to an activating group) is 1. The van der Waals surface area contributed by atoms with Crippen LogP contribution >= 0.6 is 0 Å². The van der Waals surface area contributed by atoms with Crippen LogP contribution < -0.4 is 5.32 Å². The van der Waals surface area contributed by atoms with E-state index in [1.807, 2.05) is 23.1 Å². The van der Waals surface area contributed by atoms with E-state index in [1.54, 1.807) is 12.1 Å². The summed E-state index contributed by atoms with van der Waals surface area (Å²) in [6.45, 7) is 3.23. The third kappa shape index (κ3) is 6.67. The zero-order chi connectivity index (χ0) is 23.0. The average molecular weight is 448 g/mol. The third-order valence-corrected chi connectivity index (χ3v) is 7.17. The van der Waals surface area contributed by atoms with Crippen molar-refractivity contribution in [3.63, 3.8) is 0 Å². The Morgan fingerprint density at radius 1 is 0.909 bits per heavy atom. The fraction of sp³-hybridized carbons (Fsp3) is 0.500. The van der Waals surface area contributed by atoms with Gasteiger partial charge in [0.05, 0.1) is 0 Å². The molecule has 2 aromatic rings. The molecule has 5 nitrogen and oxygen atoms in total. The van der Waals surface area contributed by atoms with E-state index in [2.05, 4.69) is 47.6 Å². The Morgan fingerprint density at radius 2 is 1.58 bits per heavy atom. The number of nitrogens with one attached hydrogen (secondary N) is 1. The molecule has 0 spiro atoms. The van der Waals surface area contributed by atoms with Gasteiger partial charge in [0.15, 0.2) is 0 Å². The molecule has 0 unspecified atom stereocenters. The van der Waals surface area contributed by atoms with Crippen LogP contribution in [0.3, 0.4) is 0 Å². The van der Waals surface area contributed by atoms with E-state index in [0.29, 0.717) is 12.0 Å². The van der Waals surface area contributed by atoms with Crippen molar-refractivity contribution in [1.29, 1.82) is 0 Å². The first-order chi connectivity index (χ1) is 16.1. The summed E-state index contributed by atoms with van der Waals surface area (Å²) in [4.78, 5) is 30.2. The highest BCUT2D eigenvalue weighted by molar-refractivity contribution is 5.97. The first-order valence-corrected chi connectivity index (χ1v) is 12.5. The minimum Gasteiger partial charge on any atom is -0.340 e. The van der Waals surface area contributed by atoms with Gasteiger partial charge in [0.2, 0.25) is 5.91 Å². The highest BCUT2D eigenvalue weighted by Crippen LogP contribution is 2.50. The summed E-state index contributed by atoms with van der Waals surface area (Å²) in [6.07, 6.45) is 6.52. The van der Waals surface area contributed by atoms with Crippen LogP contribution in [0.1, 0.15) is 60.4 Å². The number of benzene rings is 2. The van der Waals surface area contributed by atoms with Crippen LogP contribution in [0, 0.1) is 5.92 Å². The zero-order valence-electron chi connectivity index (χ0n) is 19.8. The number of unbranched alkanes of at least 4 members (excludes halogenated alkanes) is 2. The molecule has 2 aromatic carbocycles. The summed E-state index contributed by atoms with van der Waals surface area (Å²) >= 11 is 0. The van der Waals surface area contributed by atoms with E-state index >= 15 is 0 Å². The van der Waals surface area contributed by atoms with Crippen LogP contribution in [0.15, 0.2) is 60.7 Å². The predicted octanol–water partition coefficient (Wildman–Crippen LogP) is 4.31. The van der Waals surface area contributed by atoms with Crippen molar-refractivity contribution in [3.8, 4) is 0 Å². The number of rotatable bonds is 10. The first-order valence-electron chi connectivity index (χ1n) is 12.5. The van der Waals surface area contributed by atoms with Crippen molar-refractivity contribution in [3.05, 3.63) is 71.8 Å². The Balaban J connectivity index is 1.25. The lowest BCUT2D eigenvalue weighted by atomic mass is 10.0. The summed E-state index contributed by atoms with van der Waals surface area (Å²) in [6, 6.07) is 19.6. The van der Waals surface area contributed by atoms with Gasteiger partial charge < -0.3 is 15.1 Å². The second-order valence-electron chi connectivity index (χ2n) is 9.67. The van der Waals surface area contributed by atoms with E-state index < -0.39 is 6.04 Å². The summed E-state index contributed by atoms with van der Waals surface area (Å²) in [5, 5.41) is 3.04. The van der Waals surface area contributed by atoms with E-state index in [1.165, 1.54) is 24.8 Å². The van der Waals surface area contributed by atoms with Gasteiger partial charge in [-0.3, -0.25) is 9.59 Å². The Kier molecular flexibility index (Phi) is 8.16. The van der Waals surface area contributed by atoms with Gasteiger partial charge in [-0.15, -0.1) is 0 Å². The molecule has 33 heavy (non-hydrogen) atoms. The van der Waals surface area contributed by atoms with Crippen LogP contribution in [-0.4, -0.2) is 60.9 Å². The van der Waals surface area contributed by atoms with Gasteiger partial charge >= 0.3 is 0 Å². The summed E-state index contributed by atoms with van der Waals surface area (Å²) in [7, 11) is 2.08. The fourth-order valence-corrected chi connectivity index (χ4v) is 4.94. The number of nitrogens with zero attached hydrogens (tertiary/aromatic N) is 2. The molecular formula is C28H37N3O2. The molecule has 2 aliphatic rings. The number of carbonyl (C=O) groups excluding carboxylic acids is 2. The molecule has 3 atom stereocenters. The predicted molar refractivity (Wildman–Crippen MR) is 132 cm³/mol. The van der Waals surface area contributed by atoms with Gasteiger partial charge in [-0.05, 0) is 55.8 Å². The molecule has 2 amide bonds. The number of hydrogen-bond donors (Lipinski definition) is 1. The lowest BCUT2D eigenvalue weighted by Gasteiger charge is -2.34. The second kappa shape index (κ2) is 11.5. The molecule has 1 saturated carbocycles. The molecule has 4 rings (SSSR count). The SMILES string of the molecule is CN1CCN(C(=O)[C@H](CCCCC[C@@H]2C[C@H]2c2ccccc2)NC(=O)c2ccccc2)CC1. The largest absolute Gasteiger partial charge is 0.340 e. The minimum absolute atomic E-state index is 0.0683.